The van der Waals surface area contributed by atoms with Gasteiger partial charge in [0.05, 0.1) is 44.9 Å². The molecule has 0 bridgehead atoms. The Morgan fingerprint density at radius 2 is 0.933 bits per heavy atom. The topological polar surface area (TPSA) is 482 Å². The van der Waals surface area contributed by atoms with Gasteiger partial charge >= 0.3 is 47.8 Å². The molecule has 6 amide bonds. The van der Waals surface area contributed by atoms with Crippen LogP contribution in [0.25, 0.3) is 0 Å². The van der Waals surface area contributed by atoms with Crippen molar-refractivity contribution in [3.05, 3.63) is 29.3 Å². The minimum atomic E-state index is -2.35. The third-order valence-electron chi connectivity index (χ3n) is 13.5. The Morgan fingerprint density at radius 1 is 0.533 bits per heavy atom. The van der Waals surface area contributed by atoms with Crippen LogP contribution in [0.1, 0.15) is 107 Å². The van der Waals surface area contributed by atoms with Gasteiger partial charge in [0, 0.05) is 11.8 Å². The van der Waals surface area contributed by atoms with Gasteiger partial charge in [-0.15, -0.1) is 0 Å². The summed E-state index contributed by atoms with van der Waals surface area (Å²) in [5.74, 6) is -21.3. The maximum Gasteiger partial charge on any atom is 0.326 e. The van der Waals surface area contributed by atoms with Gasteiger partial charge in [0.2, 0.25) is 35.4 Å². The average molecular weight is 1060 g/mol. The van der Waals surface area contributed by atoms with Crippen molar-refractivity contribution >= 4 is 83.2 Å². The fourth-order valence-corrected chi connectivity index (χ4v) is 10.1. The maximum atomic E-state index is 13.5. The van der Waals surface area contributed by atoms with Crippen LogP contribution in [0.2, 0.25) is 0 Å². The number of aliphatic carboxylic acids is 7. The predicted molar refractivity (Wildman–Crippen MR) is 245 cm³/mol. The van der Waals surface area contributed by atoms with Gasteiger partial charge in [0.1, 0.15) is 48.1 Å². The number of benzene rings is 1. The lowest BCUT2D eigenvalue weighted by molar-refractivity contribution is -0.158. The lowest BCUT2D eigenvalue weighted by atomic mass is 9.55. The summed E-state index contributed by atoms with van der Waals surface area (Å²) in [6.45, 7) is 2.08. The van der Waals surface area contributed by atoms with Crippen LogP contribution in [-0.4, -0.2) is 166 Å². The van der Waals surface area contributed by atoms with Crippen molar-refractivity contribution < 1.29 is 113 Å². The highest BCUT2D eigenvalue weighted by Crippen LogP contribution is 2.61. The van der Waals surface area contributed by atoms with Gasteiger partial charge < -0.3 is 77.5 Å². The molecule has 29 nitrogen and oxygen atoms in total. The third-order valence-corrected chi connectivity index (χ3v) is 13.5. The van der Waals surface area contributed by atoms with E-state index < -0.39 is 177 Å². The van der Waals surface area contributed by atoms with E-state index in [0.29, 0.717) is 18.3 Å². The molecule has 3 aliphatic carbocycles. The van der Waals surface area contributed by atoms with E-state index in [-0.39, 0.29) is 17.1 Å². The van der Waals surface area contributed by atoms with Crippen molar-refractivity contribution in [1.29, 1.82) is 0 Å². The summed E-state index contributed by atoms with van der Waals surface area (Å²) in [6, 6.07) is -7.94. The molecule has 0 radical (unpaired) electrons. The van der Waals surface area contributed by atoms with Crippen LogP contribution in [0.4, 0.5) is 0 Å². The Hall–Kier alpha value is -8.40. The Kier molecular flexibility index (Phi) is 20.5. The summed E-state index contributed by atoms with van der Waals surface area (Å²) < 4.78 is 5.92. The SMILES string of the molecule is C[C@]12CC[C@@H]3c4ccc(O)cc4CC[C@H]3[C@@H]1CC[C@@H]2OC(=O)CCC(=O)N[C@@H](CC(=O)O)C(=O)N[C@@H](CC(=O)O)C(=O)N[C@@H](CC(=O)O)C(=O)N[C@@H](CC(=O)O)C(=O)N[C@@H](CC(=O)O)C(=O)N[C@@H](CC(=O)O)C(=O)O. The summed E-state index contributed by atoms with van der Waals surface area (Å²) in [4.78, 5) is 174. The van der Waals surface area contributed by atoms with Crippen molar-refractivity contribution in [1.82, 2.24) is 31.9 Å². The summed E-state index contributed by atoms with van der Waals surface area (Å²) in [7, 11) is 0. The molecule has 4 rings (SSSR count). The first-order valence-corrected chi connectivity index (χ1v) is 23.4. The molecule has 1 aromatic rings. The number of aryl methyl sites for hydroxylation is 1. The number of amides is 6. The second-order valence-electron chi connectivity index (χ2n) is 18.8. The van der Waals surface area contributed by atoms with Crippen LogP contribution in [0.15, 0.2) is 18.2 Å². The predicted octanol–water partition coefficient (Wildman–Crippen LogP) is -2.22. The van der Waals surface area contributed by atoms with Gasteiger partial charge in [-0.2, -0.15) is 0 Å². The van der Waals surface area contributed by atoms with Gasteiger partial charge in [0.15, 0.2) is 0 Å². The Bertz CT molecular complexity index is 2460. The van der Waals surface area contributed by atoms with Gasteiger partial charge in [-0.3, -0.25) is 62.3 Å². The molecule has 75 heavy (non-hydrogen) atoms. The minimum Gasteiger partial charge on any atom is -0.508 e. The molecule has 11 atom stereocenters. The fraction of sp³-hybridized carbons (Fsp3) is 0.565. The van der Waals surface area contributed by atoms with Crippen molar-refractivity contribution in [2.75, 3.05) is 0 Å². The van der Waals surface area contributed by atoms with Crippen LogP contribution in [-0.2, 0) is 78.3 Å². The van der Waals surface area contributed by atoms with Gasteiger partial charge in [-0.1, -0.05) is 13.0 Å². The fourth-order valence-electron chi connectivity index (χ4n) is 10.1. The molecule has 410 valence electrons. The van der Waals surface area contributed by atoms with Crippen LogP contribution in [0.3, 0.4) is 0 Å². The summed E-state index contributed by atoms with van der Waals surface area (Å²) in [5.41, 5.74) is 1.99. The van der Waals surface area contributed by atoms with E-state index in [4.69, 9.17) is 9.84 Å². The summed E-state index contributed by atoms with van der Waals surface area (Å²) in [5, 5.41) is 86.6. The molecule has 29 heteroatoms. The number of carboxylic acids is 7. The molecule has 3 aliphatic rings. The number of carboxylic acid groups (broad SMARTS) is 7. The molecule has 2 saturated carbocycles. The molecule has 0 saturated heterocycles. The van der Waals surface area contributed by atoms with Crippen molar-refractivity contribution in [2.45, 2.75) is 145 Å². The molecule has 0 spiro atoms. The molecule has 0 aliphatic heterocycles. The van der Waals surface area contributed by atoms with Gasteiger partial charge in [-0.25, -0.2) is 4.79 Å². The Labute approximate surface area is 424 Å². The zero-order valence-corrected chi connectivity index (χ0v) is 40.1. The van der Waals surface area contributed by atoms with Crippen molar-refractivity contribution in [2.24, 2.45) is 17.3 Å². The molecule has 14 N–H and O–H groups in total. The summed E-state index contributed by atoms with van der Waals surface area (Å²) in [6.07, 6.45) is -4.68. The molecular weight excluding hydrogens is 1000 g/mol. The van der Waals surface area contributed by atoms with E-state index in [1.54, 1.807) is 28.1 Å². The summed E-state index contributed by atoms with van der Waals surface area (Å²) >= 11 is 0. The Morgan fingerprint density at radius 3 is 1.35 bits per heavy atom. The largest absolute Gasteiger partial charge is 0.508 e. The first-order chi connectivity index (χ1) is 35.1. The highest BCUT2D eigenvalue weighted by Gasteiger charge is 2.56. The zero-order valence-electron chi connectivity index (χ0n) is 40.1. The highest BCUT2D eigenvalue weighted by atomic mass is 16.5. The number of phenolic OH excluding ortho intramolecular Hbond substituents is 1. The molecule has 0 unspecified atom stereocenters. The van der Waals surface area contributed by atoms with E-state index in [1.807, 2.05) is 16.7 Å². The number of phenols is 1. The number of hydrogen-bond donors (Lipinski definition) is 14. The van der Waals surface area contributed by atoms with E-state index in [1.165, 1.54) is 5.56 Å². The monoisotopic (exact) mass is 1060 g/mol. The smallest absolute Gasteiger partial charge is 0.326 e. The molecule has 0 aromatic heterocycles. The van der Waals surface area contributed by atoms with Crippen LogP contribution < -0.4 is 31.9 Å². The normalized spacial score (nSPS) is 21.6. The van der Waals surface area contributed by atoms with Crippen LogP contribution >= 0.6 is 0 Å². The number of aromatic hydroxyl groups is 1. The van der Waals surface area contributed by atoms with Crippen molar-refractivity contribution in [3.63, 3.8) is 0 Å². The standard InChI is InChI=1S/C46H58N6O23/c1-46-11-10-22-21-5-3-20(53)12-19(21)2-4-23(22)24(46)6-7-31(46)75-39(67)9-8-32(54)47-25(13-33(55)56)40(68)48-26(14-34(57)58)41(69)49-27(15-35(59)60)42(70)50-28(16-36(61)62)43(71)51-29(17-37(63)64)44(72)52-30(45(73)74)18-38(65)66/h3,5,12,22-31,53H,2,4,6-11,13-18H2,1H3,(H,47,54)(H,48,68)(H,49,69)(H,50,70)(H,51,71)(H,52,72)(H,55,56)(H,57,58)(H,59,60)(H,61,62)(H,63,64)(H,65,66)(H,73,74)/t22-,23-,24+,25+,26+,27+,28+,29+,30+,31+,46+/m1/s1. The van der Waals surface area contributed by atoms with Gasteiger partial charge in [0.25, 0.3) is 0 Å². The first kappa shape index (κ1) is 59.2. The molecule has 0 heterocycles. The second-order valence-corrected chi connectivity index (χ2v) is 18.8. The molecule has 2 fully saturated rings. The maximum absolute atomic E-state index is 13.5. The van der Waals surface area contributed by atoms with Gasteiger partial charge in [-0.05, 0) is 79.5 Å². The average Bonchev–Trinajstić information content (AvgIpc) is 3.63. The number of carbonyl (C=O) groups excluding carboxylic acids is 7. The number of hydrogen-bond acceptors (Lipinski definition) is 16. The number of esters is 1. The number of carbonyl (C=O) groups is 14. The Balaban J connectivity index is 1.40. The highest BCUT2D eigenvalue weighted by molar-refractivity contribution is 6.00. The van der Waals surface area contributed by atoms with E-state index in [9.17, 15) is 103 Å². The lowest BCUT2D eigenvalue weighted by Crippen LogP contribution is -2.60. The number of fused-ring (bicyclic) bond motifs is 5. The van der Waals surface area contributed by atoms with Crippen molar-refractivity contribution in [3.8, 4) is 5.75 Å². The zero-order chi connectivity index (χ0) is 56.1. The quantitative estimate of drug-likeness (QED) is 0.0395. The third kappa shape index (κ3) is 16.8. The number of rotatable bonds is 28. The van der Waals surface area contributed by atoms with Crippen LogP contribution in [0.5, 0.6) is 5.75 Å². The number of nitrogens with one attached hydrogen (secondary N) is 6. The number of ether oxygens (including phenoxy) is 1. The molecule has 1 aromatic carbocycles. The first-order valence-electron chi connectivity index (χ1n) is 23.4. The minimum absolute atomic E-state index is 0.210. The lowest BCUT2D eigenvalue weighted by Gasteiger charge is -2.50. The van der Waals surface area contributed by atoms with E-state index in [0.717, 1.165) is 37.7 Å². The second kappa shape index (κ2) is 26.0. The van der Waals surface area contributed by atoms with Crippen LogP contribution in [0, 0.1) is 17.3 Å². The van der Waals surface area contributed by atoms with E-state index in [2.05, 4.69) is 12.2 Å². The molecular formula is C46H58N6O23. The van der Waals surface area contributed by atoms with E-state index >= 15 is 0 Å².